The molecular weight excluding hydrogens is 256 g/mol. The third-order valence-electron chi connectivity index (χ3n) is 1.88. The molecule has 80 valence electrons. The van der Waals surface area contributed by atoms with E-state index in [2.05, 4.69) is 22.5 Å². The van der Waals surface area contributed by atoms with E-state index in [-0.39, 0.29) is 0 Å². The lowest BCUT2D eigenvalue weighted by atomic mass is 10.2. The number of aldehydes is 1. The van der Waals surface area contributed by atoms with Crippen molar-refractivity contribution in [2.24, 2.45) is 0 Å². The molecule has 0 saturated heterocycles. The van der Waals surface area contributed by atoms with E-state index in [1.165, 1.54) is 0 Å². The molecule has 0 heterocycles. The van der Waals surface area contributed by atoms with E-state index in [0.717, 1.165) is 28.5 Å². The van der Waals surface area contributed by atoms with Crippen LogP contribution in [0.15, 0.2) is 34.8 Å². The maximum atomic E-state index is 10.5. The highest BCUT2D eigenvalue weighted by atomic mass is 79.9. The molecule has 0 saturated carbocycles. The summed E-state index contributed by atoms with van der Waals surface area (Å²) in [6.07, 6.45) is 1.64. The van der Waals surface area contributed by atoms with Crippen LogP contribution in [0, 0.1) is 0 Å². The van der Waals surface area contributed by atoms with Crippen LogP contribution in [0.1, 0.15) is 23.7 Å². The summed E-state index contributed by atoms with van der Waals surface area (Å²) in [7, 11) is 0. The van der Waals surface area contributed by atoms with Gasteiger partial charge in [-0.3, -0.25) is 4.79 Å². The van der Waals surface area contributed by atoms with Crippen LogP contribution < -0.4 is 4.74 Å². The quantitative estimate of drug-likeness (QED) is 0.603. The lowest BCUT2D eigenvalue weighted by Gasteiger charge is -2.08. The Morgan fingerprint density at radius 2 is 2.33 bits per heavy atom. The zero-order chi connectivity index (χ0) is 11.3. The summed E-state index contributed by atoms with van der Waals surface area (Å²) in [5.74, 6) is 0.752. The SMILES string of the molecule is C=C(C)CCOc1ccc(C=O)cc1Br. The minimum atomic E-state index is 0.606. The third-order valence-corrected chi connectivity index (χ3v) is 2.50. The topological polar surface area (TPSA) is 26.3 Å². The lowest BCUT2D eigenvalue weighted by Crippen LogP contribution is -1.98. The maximum Gasteiger partial charge on any atom is 0.150 e. The second kappa shape index (κ2) is 5.71. The fourth-order valence-corrected chi connectivity index (χ4v) is 1.55. The lowest BCUT2D eigenvalue weighted by molar-refractivity contribution is 0.112. The minimum absolute atomic E-state index is 0.606. The second-order valence-corrected chi connectivity index (χ2v) is 4.22. The molecule has 0 atom stereocenters. The summed E-state index contributed by atoms with van der Waals surface area (Å²) in [6.45, 7) is 6.37. The van der Waals surface area contributed by atoms with Gasteiger partial charge in [-0.25, -0.2) is 0 Å². The molecule has 0 N–H and O–H groups in total. The van der Waals surface area contributed by atoms with E-state index in [4.69, 9.17) is 4.74 Å². The molecule has 0 aliphatic carbocycles. The molecule has 0 fully saturated rings. The van der Waals surface area contributed by atoms with E-state index in [1.54, 1.807) is 18.2 Å². The summed E-state index contributed by atoms with van der Waals surface area (Å²) in [4.78, 5) is 10.5. The molecule has 0 unspecified atom stereocenters. The Bertz CT molecular complexity index is 372. The zero-order valence-corrected chi connectivity index (χ0v) is 10.2. The molecule has 0 radical (unpaired) electrons. The number of carbonyl (C=O) groups excluding carboxylic acids is 1. The predicted octanol–water partition coefficient (Wildman–Crippen LogP) is 3.61. The molecule has 1 aromatic rings. The number of hydrogen-bond acceptors (Lipinski definition) is 2. The number of ether oxygens (including phenoxy) is 1. The average Bonchev–Trinajstić information content (AvgIpc) is 2.20. The van der Waals surface area contributed by atoms with Crippen molar-refractivity contribution in [2.45, 2.75) is 13.3 Å². The predicted molar refractivity (Wildman–Crippen MR) is 64.5 cm³/mol. The Morgan fingerprint density at radius 3 is 2.87 bits per heavy atom. The van der Waals surface area contributed by atoms with Crippen LogP contribution in [-0.4, -0.2) is 12.9 Å². The van der Waals surface area contributed by atoms with Crippen molar-refractivity contribution in [3.05, 3.63) is 40.4 Å². The molecule has 0 aliphatic heterocycles. The van der Waals surface area contributed by atoms with Crippen LogP contribution in [0.3, 0.4) is 0 Å². The molecule has 0 spiro atoms. The van der Waals surface area contributed by atoms with Crippen LogP contribution in [0.2, 0.25) is 0 Å². The molecule has 1 rings (SSSR count). The molecule has 3 heteroatoms. The molecule has 2 nitrogen and oxygen atoms in total. The minimum Gasteiger partial charge on any atom is -0.492 e. The molecule has 0 aromatic heterocycles. The fraction of sp³-hybridized carbons (Fsp3) is 0.250. The Morgan fingerprint density at radius 1 is 1.60 bits per heavy atom. The summed E-state index contributed by atoms with van der Waals surface area (Å²) in [6, 6.07) is 5.25. The van der Waals surface area contributed by atoms with E-state index < -0.39 is 0 Å². The highest BCUT2D eigenvalue weighted by Gasteiger charge is 2.01. The number of carbonyl (C=O) groups is 1. The van der Waals surface area contributed by atoms with Gasteiger partial charge in [-0.2, -0.15) is 0 Å². The smallest absolute Gasteiger partial charge is 0.150 e. The van der Waals surface area contributed by atoms with Gasteiger partial charge in [0.05, 0.1) is 11.1 Å². The Labute approximate surface area is 98.1 Å². The van der Waals surface area contributed by atoms with Gasteiger partial charge < -0.3 is 4.74 Å². The number of benzene rings is 1. The van der Waals surface area contributed by atoms with Crippen LogP contribution in [-0.2, 0) is 0 Å². The summed E-state index contributed by atoms with van der Waals surface area (Å²) in [5.41, 5.74) is 1.73. The van der Waals surface area contributed by atoms with Crippen LogP contribution >= 0.6 is 15.9 Å². The van der Waals surface area contributed by atoms with Gasteiger partial charge in [0.25, 0.3) is 0 Å². The Kier molecular flexibility index (Phi) is 4.56. The maximum absolute atomic E-state index is 10.5. The van der Waals surface area contributed by atoms with Crippen molar-refractivity contribution < 1.29 is 9.53 Å². The highest BCUT2D eigenvalue weighted by molar-refractivity contribution is 9.10. The Hall–Kier alpha value is -1.09. The molecular formula is C12H13BrO2. The first-order chi connectivity index (χ1) is 7.13. The van der Waals surface area contributed by atoms with Gasteiger partial charge in [-0.05, 0) is 41.1 Å². The van der Waals surface area contributed by atoms with Gasteiger partial charge >= 0.3 is 0 Å². The van der Waals surface area contributed by atoms with Gasteiger partial charge in [0.1, 0.15) is 12.0 Å². The van der Waals surface area contributed by atoms with Gasteiger partial charge in [-0.1, -0.05) is 5.57 Å². The molecule has 15 heavy (non-hydrogen) atoms. The second-order valence-electron chi connectivity index (χ2n) is 3.36. The van der Waals surface area contributed by atoms with Crippen molar-refractivity contribution in [1.82, 2.24) is 0 Å². The Balaban J connectivity index is 2.62. The van der Waals surface area contributed by atoms with Crippen LogP contribution in [0.4, 0.5) is 0 Å². The van der Waals surface area contributed by atoms with E-state index in [9.17, 15) is 4.79 Å². The van der Waals surface area contributed by atoms with Crippen LogP contribution in [0.5, 0.6) is 5.75 Å². The standard InChI is InChI=1S/C12H13BrO2/c1-9(2)5-6-15-12-4-3-10(8-14)7-11(12)13/h3-4,7-8H,1,5-6H2,2H3. The zero-order valence-electron chi connectivity index (χ0n) is 8.63. The molecule has 0 aliphatic rings. The van der Waals surface area contributed by atoms with E-state index in [1.807, 2.05) is 6.92 Å². The van der Waals surface area contributed by atoms with E-state index in [0.29, 0.717) is 12.2 Å². The average molecular weight is 269 g/mol. The summed E-state index contributed by atoms with van der Waals surface area (Å²) in [5, 5.41) is 0. The van der Waals surface area contributed by atoms with Crippen LogP contribution in [0.25, 0.3) is 0 Å². The normalized spacial score (nSPS) is 9.73. The van der Waals surface area contributed by atoms with Crippen molar-refractivity contribution >= 4 is 22.2 Å². The molecule has 0 bridgehead atoms. The van der Waals surface area contributed by atoms with Gasteiger partial charge in [0.2, 0.25) is 0 Å². The molecule has 1 aromatic carbocycles. The van der Waals surface area contributed by atoms with Gasteiger partial charge in [0.15, 0.2) is 0 Å². The number of halogens is 1. The third kappa shape index (κ3) is 3.88. The van der Waals surface area contributed by atoms with Crippen molar-refractivity contribution in [3.63, 3.8) is 0 Å². The summed E-state index contributed by atoms with van der Waals surface area (Å²) < 4.78 is 6.32. The molecule has 0 amide bonds. The first kappa shape index (κ1) is 12.0. The first-order valence-corrected chi connectivity index (χ1v) is 5.44. The highest BCUT2D eigenvalue weighted by Crippen LogP contribution is 2.25. The monoisotopic (exact) mass is 268 g/mol. The number of rotatable bonds is 5. The van der Waals surface area contributed by atoms with Crippen molar-refractivity contribution in [2.75, 3.05) is 6.61 Å². The van der Waals surface area contributed by atoms with Crippen molar-refractivity contribution in [1.29, 1.82) is 0 Å². The summed E-state index contributed by atoms with van der Waals surface area (Å²) >= 11 is 3.35. The fourth-order valence-electron chi connectivity index (χ4n) is 1.04. The largest absolute Gasteiger partial charge is 0.492 e. The van der Waals surface area contributed by atoms with Gasteiger partial charge in [0, 0.05) is 12.0 Å². The number of hydrogen-bond donors (Lipinski definition) is 0. The first-order valence-electron chi connectivity index (χ1n) is 4.65. The van der Waals surface area contributed by atoms with E-state index >= 15 is 0 Å². The van der Waals surface area contributed by atoms with Crippen molar-refractivity contribution in [3.8, 4) is 5.75 Å². The van der Waals surface area contributed by atoms with Gasteiger partial charge in [-0.15, -0.1) is 6.58 Å².